The molecule has 0 aromatic heterocycles. The van der Waals surface area contributed by atoms with E-state index in [1.807, 2.05) is 0 Å². The Bertz CT molecular complexity index is 1150. The topological polar surface area (TPSA) is 83.6 Å². The maximum atomic E-state index is 13.2. The Hall–Kier alpha value is -2.30. The molecule has 1 atom stereocenters. The van der Waals surface area contributed by atoms with Gasteiger partial charge in [0.1, 0.15) is 0 Å². The van der Waals surface area contributed by atoms with Crippen LogP contribution in [0.3, 0.4) is 0 Å². The van der Waals surface area contributed by atoms with E-state index < -0.39 is 45.2 Å². The van der Waals surface area contributed by atoms with Crippen LogP contribution >= 0.6 is 23.2 Å². The van der Waals surface area contributed by atoms with Crippen LogP contribution in [0.2, 0.25) is 10.0 Å². The van der Waals surface area contributed by atoms with E-state index in [2.05, 4.69) is 5.32 Å². The van der Waals surface area contributed by atoms with Gasteiger partial charge in [0.05, 0.1) is 39.2 Å². The van der Waals surface area contributed by atoms with Gasteiger partial charge in [-0.15, -0.1) is 0 Å². The number of nitrogens with one attached hydrogen (secondary N) is 1. The number of halogens is 5. The molecule has 6 nitrogen and oxygen atoms in total. The van der Waals surface area contributed by atoms with Gasteiger partial charge in [-0.2, -0.15) is 13.2 Å². The molecular formula is C18H13Cl2F3N2O4S. The third kappa shape index (κ3) is 4.26. The molecule has 1 fully saturated rings. The Kier molecular flexibility index (Phi) is 5.78. The van der Waals surface area contributed by atoms with Crippen molar-refractivity contribution in [3.05, 3.63) is 57.6 Å². The first-order chi connectivity index (χ1) is 13.8. The molecule has 3 rings (SSSR count). The zero-order chi connectivity index (χ0) is 22.4. The maximum absolute atomic E-state index is 13.2. The minimum Gasteiger partial charge on any atom is -0.321 e. The second-order valence-corrected chi connectivity index (χ2v) is 9.29. The lowest BCUT2D eigenvalue weighted by Gasteiger charge is -2.17. The SMILES string of the molecule is CC1CS(=O)(=O)N(c2ccc(C(=O)Nc3ccc(Cl)cc3C(F)(F)F)c(Cl)c2)C1=O. The van der Waals surface area contributed by atoms with E-state index in [0.29, 0.717) is 10.4 Å². The fraction of sp³-hybridized carbons (Fsp3) is 0.222. The quantitative estimate of drug-likeness (QED) is 0.696. The normalized spacial score (nSPS) is 18.5. The van der Waals surface area contributed by atoms with Crippen molar-refractivity contribution in [2.75, 3.05) is 15.4 Å². The number of nitrogens with zero attached hydrogens (tertiary/aromatic N) is 1. The summed E-state index contributed by atoms with van der Waals surface area (Å²) in [6, 6.07) is 6.26. The van der Waals surface area contributed by atoms with Crippen LogP contribution in [0.5, 0.6) is 0 Å². The van der Waals surface area contributed by atoms with Crippen LogP contribution in [-0.4, -0.2) is 26.0 Å². The Labute approximate surface area is 179 Å². The van der Waals surface area contributed by atoms with Gasteiger partial charge in [0, 0.05) is 5.02 Å². The number of anilines is 2. The lowest BCUT2D eigenvalue weighted by Crippen LogP contribution is -2.30. The van der Waals surface area contributed by atoms with E-state index in [1.165, 1.54) is 19.1 Å². The van der Waals surface area contributed by atoms with Gasteiger partial charge in [-0.1, -0.05) is 30.1 Å². The molecule has 160 valence electrons. The van der Waals surface area contributed by atoms with Gasteiger partial charge in [-0.25, -0.2) is 12.7 Å². The molecule has 1 heterocycles. The second-order valence-electron chi connectivity index (χ2n) is 6.59. The first kappa shape index (κ1) is 22.4. The summed E-state index contributed by atoms with van der Waals surface area (Å²) in [6.07, 6.45) is -4.76. The number of amides is 2. The van der Waals surface area contributed by atoms with Crippen molar-refractivity contribution in [2.24, 2.45) is 5.92 Å². The minimum absolute atomic E-state index is 0.0617. The predicted molar refractivity (Wildman–Crippen MR) is 106 cm³/mol. The van der Waals surface area contributed by atoms with Crippen LogP contribution in [-0.2, 0) is 21.0 Å². The standard InChI is InChI=1S/C18H13Cl2F3N2O4S/c1-9-8-30(28,29)25(17(9)27)11-3-4-12(14(20)7-11)16(26)24-15-5-2-10(19)6-13(15)18(21,22)23/h2-7,9H,8H2,1H3,(H,24,26). The summed E-state index contributed by atoms with van der Waals surface area (Å²) in [4.78, 5) is 24.6. The smallest absolute Gasteiger partial charge is 0.321 e. The Morgan fingerprint density at radius 2 is 1.83 bits per heavy atom. The summed E-state index contributed by atoms with van der Waals surface area (Å²) < 4.78 is 64.6. The number of benzene rings is 2. The molecule has 1 aliphatic rings. The molecule has 12 heteroatoms. The fourth-order valence-electron chi connectivity index (χ4n) is 2.95. The number of alkyl halides is 3. The first-order valence-electron chi connectivity index (χ1n) is 8.36. The number of rotatable bonds is 3. The molecule has 1 unspecified atom stereocenters. The van der Waals surface area contributed by atoms with Crippen LogP contribution in [0.1, 0.15) is 22.8 Å². The summed E-state index contributed by atoms with van der Waals surface area (Å²) in [5.41, 5.74) is -1.93. The average molecular weight is 481 g/mol. The summed E-state index contributed by atoms with van der Waals surface area (Å²) in [5, 5.41) is 1.72. The fourth-order valence-corrected chi connectivity index (χ4v) is 5.20. The van der Waals surface area contributed by atoms with Crippen molar-refractivity contribution >= 4 is 56.4 Å². The van der Waals surface area contributed by atoms with Gasteiger partial charge < -0.3 is 5.32 Å². The number of carbonyl (C=O) groups is 2. The molecule has 1 saturated heterocycles. The lowest BCUT2D eigenvalue weighted by molar-refractivity contribution is -0.136. The summed E-state index contributed by atoms with van der Waals surface area (Å²) in [6.45, 7) is 1.47. The molecule has 2 amide bonds. The van der Waals surface area contributed by atoms with Gasteiger partial charge in [0.15, 0.2) is 0 Å². The van der Waals surface area contributed by atoms with Crippen molar-refractivity contribution in [2.45, 2.75) is 13.1 Å². The van der Waals surface area contributed by atoms with E-state index in [9.17, 15) is 31.2 Å². The lowest BCUT2D eigenvalue weighted by atomic mass is 10.1. The highest BCUT2D eigenvalue weighted by Crippen LogP contribution is 2.37. The van der Waals surface area contributed by atoms with Crippen LogP contribution in [0.4, 0.5) is 24.5 Å². The van der Waals surface area contributed by atoms with Crippen LogP contribution in [0.15, 0.2) is 36.4 Å². The number of carbonyl (C=O) groups excluding carboxylic acids is 2. The highest BCUT2D eigenvalue weighted by molar-refractivity contribution is 7.94. The van der Waals surface area contributed by atoms with E-state index >= 15 is 0 Å². The number of hydrogen-bond donors (Lipinski definition) is 1. The predicted octanol–water partition coefficient (Wildman–Crippen LogP) is 4.58. The summed E-state index contributed by atoms with van der Waals surface area (Å²) in [5.74, 6) is -2.69. The Morgan fingerprint density at radius 1 is 1.17 bits per heavy atom. The summed E-state index contributed by atoms with van der Waals surface area (Å²) >= 11 is 11.7. The van der Waals surface area contributed by atoms with Crippen LogP contribution in [0.25, 0.3) is 0 Å². The largest absolute Gasteiger partial charge is 0.418 e. The van der Waals surface area contributed by atoms with Crippen molar-refractivity contribution in [1.82, 2.24) is 0 Å². The van der Waals surface area contributed by atoms with Gasteiger partial charge in [-0.05, 0) is 36.4 Å². The highest BCUT2D eigenvalue weighted by Gasteiger charge is 2.42. The highest BCUT2D eigenvalue weighted by atomic mass is 35.5. The van der Waals surface area contributed by atoms with E-state index in [1.54, 1.807) is 0 Å². The molecule has 0 aliphatic carbocycles. The van der Waals surface area contributed by atoms with Gasteiger partial charge >= 0.3 is 6.18 Å². The third-order valence-corrected chi connectivity index (χ3v) is 6.74. The van der Waals surface area contributed by atoms with E-state index in [4.69, 9.17) is 23.2 Å². The molecule has 0 spiro atoms. The average Bonchev–Trinajstić information content (AvgIpc) is 2.82. The second kappa shape index (κ2) is 7.75. The van der Waals surface area contributed by atoms with Gasteiger partial charge in [-0.3, -0.25) is 9.59 Å². The molecule has 1 N–H and O–H groups in total. The molecule has 0 radical (unpaired) electrons. The van der Waals surface area contributed by atoms with Crippen LogP contribution in [0, 0.1) is 5.92 Å². The monoisotopic (exact) mass is 480 g/mol. The minimum atomic E-state index is -4.76. The molecule has 2 aromatic carbocycles. The van der Waals surface area contributed by atoms with Crippen molar-refractivity contribution < 1.29 is 31.2 Å². The van der Waals surface area contributed by atoms with Crippen molar-refractivity contribution in [1.29, 1.82) is 0 Å². The molecule has 30 heavy (non-hydrogen) atoms. The van der Waals surface area contributed by atoms with Crippen molar-refractivity contribution in [3.63, 3.8) is 0 Å². The zero-order valence-electron chi connectivity index (χ0n) is 15.1. The van der Waals surface area contributed by atoms with Gasteiger partial charge in [0.25, 0.3) is 5.91 Å². The maximum Gasteiger partial charge on any atom is 0.418 e. The Balaban J connectivity index is 1.92. The molecule has 0 bridgehead atoms. The van der Waals surface area contributed by atoms with E-state index in [0.717, 1.165) is 18.2 Å². The first-order valence-corrected chi connectivity index (χ1v) is 10.7. The zero-order valence-corrected chi connectivity index (χ0v) is 17.5. The Morgan fingerprint density at radius 3 is 2.37 bits per heavy atom. The molecule has 2 aromatic rings. The van der Waals surface area contributed by atoms with Gasteiger partial charge in [0.2, 0.25) is 15.9 Å². The molecule has 0 saturated carbocycles. The summed E-state index contributed by atoms with van der Waals surface area (Å²) in [7, 11) is -3.88. The third-order valence-electron chi connectivity index (χ3n) is 4.33. The molecular weight excluding hydrogens is 468 g/mol. The van der Waals surface area contributed by atoms with Crippen molar-refractivity contribution in [3.8, 4) is 0 Å². The van der Waals surface area contributed by atoms with E-state index in [-0.39, 0.29) is 27.0 Å². The number of hydrogen-bond acceptors (Lipinski definition) is 4. The molecule has 1 aliphatic heterocycles. The number of sulfonamides is 1. The van der Waals surface area contributed by atoms with Crippen LogP contribution < -0.4 is 9.62 Å².